The van der Waals surface area contributed by atoms with Crippen LogP contribution in [0.15, 0.2) is 82.3 Å². The summed E-state index contributed by atoms with van der Waals surface area (Å²) in [5.74, 6) is 0.206. The molecule has 6 nitrogen and oxygen atoms in total. The molecule has 7 heteroatoms. The van der Waals surface area contributed by atoms with Crippen molar-refractivity contribution in [3.8, 4) is 0 Å². The maximum Gasteiger partial charge on any atom is 0.261 e. The number of anilines is 2. The number of aryl methyl sites for hydroxylation is 1. The molecule has 1 amide bonds. The monoisotopic (exact) mass is 382 g/mol. The molecule has 0 saturated carbocycles. The Balaban J connectivity index is 1.75. The maximum atomic E-state index is 12.5. The van der Waals surface area contributed by atoms with Gasteiger partial charge in [-0.1, -0.05) is 24.3 Å². The van der Waals surface area contributed by atoms with Crippen molar-refractivity contribution in [3.05, 3.63) is 84.3 Å². The first kappa shape index (κ1) is 18.5. The van der Waals surface area contributed by atoms with Crippen molar-refractivity contribution in [3.63, 3.8) is 0 Å². The van der Waals surface area contributed by atoms with Crippen LogP contribution in [0.2, 0.25) is 0 Å². The molecule has 2 aromatic carbocycles. The van der Waals surface area contributed by atoms with Gasteiger partial charge in [-0.25, -0.2) is 8.42 Å². The molecule has 0 saturated heterocycles. The largest absolute Gasteiger partial charge is 0.465 e. The van der Waals surface area contributed by atoms with Gasteiger partial charge < -0.3 is 9.73 Å². The third kappa shape index (κ3) is 4.86. The van der Waals surface area contributed by atoms with Crippen LogP contribution < -0.4 is 10.0 Å². The maximum absolute atomic E-state index is 12.5. The lowest BCUT2D eigenvalue weighted by molar-refractivity contribution is -0.111. The predicted molar refractivity (Wildman–Crippen MR) is 105 cm³/mol. The van der Waals surface area contributed by atoms with Crippen LogP contribution in [-0.4, -0.2) is 14.3 Å². The molecule has 0 atom stereocenters. The fourth-order valence-electron chi connectivity index (χ4n) is 2.34. The molecule has 1 aromatic heterocycles. The molecule has 1 heterocycles. The van der Waals surface area contributed by atoms with Crippen LogP contribution in [0.25, 0.3) is 6.08 Å². The number of furan rings is 1. The van der Waals surface area contributed by atoms with Crippen LogP contribution >= 0.6 is 0 Å². The fraction of sp³-hybridized carbons (Fsp3) is 0.0500. The van der Waals surface area contributed by atoms with E-state index in [-0.39, 0.29) is 10.8 Å². The minimum Gasteiger partial charge on any atom is -0.465 e. The molecule has 3 rings (SSSR count). The van der Waals surface area contributed by atoms with Gasteiger partial charge in [0.05, 0.1) is 16.8 Å². The summed E-state index contributed by atoms with van der Waals surface area (Å²) in [6.07, 6.45) is 4.40. The van der Waals surface area contributed by atoms with Gasteiger partial charge in [-0.2, -0.15) is 0 Å². The average molecular weight is 382 g/mol. The lowest BCUT2D eigenvalue weighted by Gasteiger charge is -2.12. The van der Waals surface area contributed by atoms with Gasteiger partial charge in [0.1, 0.15) is 5.76 Å². The van der Waals surface area contributed by atoms with Crippen LogP contribution in [0.1, 0.15) is 11.3 Å². The van der Waals surface area contributed by atoms with Gasteiger partial charge in [-0.15, -0.1) is 0 Å². The molecule has 0 aliphatic carbocycles. The molecule has 27 heavy (non-hydrogen) atoms. The molecule has 0 radical (unpaired) electrons. The van der Waals surface area contributed by atoms with E-state index in [1.165, 1.54) is 24.5 Å². The number of rotatable bonds is 6. The van der Waals surface area contributed by atoms with Crippen LogP contribution in [0, 0.1) is 6.92 Å². The summed E-state index contributed by atoms with van der Waals surface area (Å²) in [7, 11) is -3.71. The SMILES string of the molecule is Cc1ccc(NC(=O)/C=C/c2ccco2)cc1NS(=O)(=O)c1ccccc1. The molecule has 0 unspecified atom stereocenters. The molecule has 0 spiro atoms. The van der Waals surface area contributed by atoms with Gasteiger partial charge in [0.2, 0.25) is 5.91 Å². The zero-order valence-corrected chi connectivity index (χ0v) is 15.4. The quantitative estimate of drug-likeness (QED) is 0.630. The molecule has 0 bridgehead atoms. The van der Waals surface area contributed by atoms with Gasteiger partial charge in [-0.05, 0) is 55.0 Å². The fourth-order valence-corrected chi connectivity index (χ4v) is 3.48. The molecule has 0 fully saturated rings. The standard InChI is InChI=1S/C20H18N2O4S/c1-15-9-10-16(21-20(23)12-11-17-6-5-13-26-17)14-19(15)22-27(24,25)18-7-3-2-4-8-18/h2-14,22H,1H3,(H,21,23)/b12-11+. The van der Waals surface area contributed by atoms with E-state index >= 15 is 0 Å². The smallest absolute Gasteiger partial charge is 0.261 e. The average Bonchev–Trinajstić information content (AvgIpc) is 3.17. The normalized spacial score (nSPS) is 11.4. The van der Waals surface area contributed by atoms with Gasteiger partial charge in [0.15, 0.2) is 0 Å². The second-order valence-corrected chi connectivity index (χ2v) is 7.47. The lowest BCUT2D eigenvalue weighted by atomic mass is 10.2. The summed E-state index contributed by atoms with van der Waals surface area (Å²) >= 11 is 0. The zero-order valence-electron chi connectivity index (χ0n) is 14.5. The van der Waals surface area contributed by atoms with Crippen molar-refractivity contribution < 1.29 is 17.6 Å². The van der Waals surface area contributed by atoms with Crippen LogP contribution in [0.5, 0.6) is 0 Å². The van der Waals surface area contributed by atoms with Gasteiger partial charge in [0, 0.05) is 11.8 Å². The number of sulfonamides is 1. The Bertz CT molecular complexity index is 1060. The Labute approximate surface area is 157 Å². The van der Waals surface area contributed by atoms with Crippen LogP contribution in [0.3, 0.4) is 0 Å². The van der Waals surface area contributed by atoms with E-state index < -0.39 is 10.0 Å². The van der Waals surface area contributed by atoms with Crippen LogP contribution in [-0.2, 0) is 14.8 Å². The Morgan fingerprint density at radius 3 is 2.52 bits per heavy atom. The number of nitrogens with one attached hydrogen (secondary N) is 2. The first-order valence-corrected chi connectivity index (χ1v) is 9.63. The number of hydrogen-bond donors (Lipinski definition) is 2. The summed E-state index contributed by atoms with van der Waals surface area (Å²) in [4.78, 5) is 12.2. The van der Waals surface area contributed by atoms with Crippen molar-refractivity contribution >= 4 is 33.4 Å². The highest BCUT2D eigenvalue weighted by Gasteiger charge is 2.15. The molecule has 3 aromatic rings. The lowest BCUT2D eigenvalue weighted by Crippen LogP contribution is -2.14. The zero-order chi connectivity index (χ0) is 19.3. The third-order valence-corrected chi connectivity index (χ3v) is 5.13. The summed E-state index contributed by atoms with van der Waals surface area (Å²) in [6.45, 7) is 1.78. The summed E-state index contributed by atoms with van der Waals surface area (Å²) in [5.41, 5.74) is 1.60. The number of amides is 1. The highest BCUT2D eigenvalue weighted by molar-refractivity contribution is 7.92. The first-order valence-electron chi connectivity index (χ1n) is 8.15. The topological polar surface area (TPSA) is 88.4 Å². The van der Waals surface area contributed by atoms with E-state index in [9.17, 15) is 13.2 Å². The van der Waals surface area contributed by atoms with Crippen molar-refractivity contribution in [2.75, 3.05) is 10.0 Å². The van der Waals surface area contributed by atoms with Crippen molar-refractivity contribution in [1.82, 2.24) is 0 Å². The highest BCUT2D eigenvalue weighted by atomic mass is 32.2. The molecule has 2 N–H and O–H groups in total. The summed E-state index contributed by atoms with van der Waals surface area (Å²) in [5, 5.41) is 2.70. The molecule has 0 aliphatic rings. The van der Waals surface area contributed by atoms with E-state index in [1.54, 1.807) is 61.5 Å². The van der Waals surface area contributed by atoms with E-state index in [0.717, 1.165) is 5.56 Å². The van der Waals surface area contributed by atoms with E-state index in [1.807, 2.05) is 0 Å². The second kappa shape index (κ2) is 7.92. The van der Waals surface area contributed by atoms with Crippen molar-refractivity contribution in [2.24, 2.45) is 0 Å². The third-order valence-electron chi connectivity index (χ3n) is 3.75. The number of carbonyl (C=O) groups is 1. The number of carbonyl (C=O) groups excluding carboxylic acids is 1. The Hall–Kier alpha value is -3.32. The summed E-state index contributed by atoms with van der Waals surface area (Å²) < 4.78 is 32.7. The van der Waals surface area contributed by atoms with Crippen LogP contribution in [0.4, 0.5) is 11.4 Å². The van der Waals surface area contributed by atoms with E-state index in [2.05, 4.69) is 10.0 Å². The second-order valence-electron chi connectivity index (χ2n) is 5.79. The minimum absolute atomic E-state index is 0.167. The Morgan fingerprint density at radius 1 is 1.04 bits per heavy atom. The highest BCUT2D eigenvalue weighted by Crippen LogP contribution is 2.23. The molecule has 138 valence electrons. The Kier molecular flexibility index (Phi) is 5.42. The number of benzene rings is 2. The van der Waals surface area contributed by atoms with Gasteiger partial charge in [0.25, 0.3) is 10.0 Å². The molecule has 0 aliphatic heterocycles. The van der Waals surface area contributed by atoms with Crippen molar-refractivity contribution in [1.29, 1.82) is 0 Å². The van der Waals surface area contributed by atoms with Gasteiger partial charge in [-0.3, -0.25) is 9.52 Å². The molecular formula is C20H18N2O4S. The summed E-state index contributed by atoms with van der Waals surface area (Å²) in [6, 6.07) is 16.6. The van der Waals surface area contributed by atoms with E-state index in [4.69, 9.17) is 4.42 Å². The number of hydrogen-bond acceptors (Lipinski definition) is 4. The minimum atomic E-state index is -3.71. The molecular weight excluding hydrogens is 364 g/mol. The first-order chi connectivity index (χ1) is 12.9. The predicted octanol–water partition coefficient (Wildman–Crippen LogP) is 4.04. The Morgan fingerprint density at radius 2 is 1.81 bits per heavy atom. The van der Waals surface area contributed by atoms with E-state index in [0.29, 0.717) is 17.1 Å². The van der Waals surface area contributed by atoms with Gasteiger partial charge >= 0.3 is 0 Å². The van der Waals surface area contributed by atoms with Crippen molar-refractivity contribution in [2.45, 2.75) is 11.8 Å².